The minimum atomic E-state index is -0.895. The molecule has 1 N–H and O–H groups in total. The van der Waals surface area contributed by atoms with Gasteiger partial charge in [-0.05, 0) is 18.7 Å². The summed E-state index contributed by atoms with van der Waals surface area (Å²) in [5.74, 6) is 0.558. The van der Waals surface area contributed by atoms with Crippen molar-refractivity contribution in [3.05, 3.63) is 35.9 Å². The normalized spacial score (nSPS) is 23.3. The molecule has 0 spiro atoms. The first-order chi connectivity index (χ1) is 8.60. The van der Waals surface area contributed by atoms with Gasteiger partial charge < -0.3 is 4.90 Å². The number of carbonyl (C=O) groups is 2. The molecule has 96 valence electrons. The maximum Gasteiger partial charge on any atom is 0.325 e. The van der Waals surface area contributed by atoms with Crippen LogP contribution in [-0.4, -0.2) is 35.4 Å². The van der Waals surface area contributed by atoms with E-state index in [0.717, 1.165) is 11.3 Å². The fraction of sp³-hybridized carbons (Fsp3) is 0.385. The van der Waals surface area contributed by atoms with Crippen molar-refractivity contribution in [1.82, 2.24) is 10.2 Å². The van der Waals surface area contributed by atoms with Crippen molar-refractivity contribution in [2.75, 3.05) is 18.6 Å². The Hall–Kier alpha value is -1.49. The number of carbonyl (C=O) groups excluding carboxylic acids is 2. The molecule has 1 heterocycles. The fourth-order valence-corrected chi connectivity index (χ4v) is 2.53. The van der Waals surface area contributed by atoms with Gasteiger partial charge in [0.1, 0.15) is 5.54 Å². The predicted octanol–water partition coefficient (Wildman–Crippen LogP) is 1.82. The van der Waals surface area contributed by atoms with Crippen LogP contribution in [0.3, 0.4) is 0 Å². The lowest BCUT2D eigenvalue weighted by molar-refractivity contribution is -0.126. The van der Waals surface area contributed by atoms with E-state index in [1.807, 2.05) is 36.6 Å². The molecule has 1 aromatic rings. The van der Waals surface area contributed by atoms with Gasteiger partial charge in [-0.1, -0.05) is 30.3 Å². The van der Waals surface area contributed by atoms with Crippen molar-refractivity contribution >= 4 is 23.7 Å². The van der Waals surface area contributed by atoms with Crippen LogP contribution < -0.4 is 5.32 Å². The van der Waals surface area contributed by atoms with E-state index in [1.165, 1.54) is 0 Å². The maximum atomic E-state index is 12.1. The lowest BCUT2D eigenvalue weighted by atomic mass is 9.91. The zero-order valence-corrected chi connectivity index (χ0v) is 11.3. The van der Waals surface area contributed by atoms with E-state index in [0.29, 0.717) is 6.54 Å². The van der Waals surface area contributed by atoms with Crippen molar-refractivity contribution < 1.29 is 9.59 Å². The highest BCUT2D eigenvalue weighted by Gasteiger charge is 2.49. The summed E-state index contributed by atoms with van der Waals surface area (Å²) in [6, 6.07) is 9.11. The molecule has 1 unspecified atom stereocenters. The molecular formula is C13H16N2O2S. The van der Waals surface area contributed by atoms with Crippen LogP contribution in [0.2, 0.25) is 0 Å². The molecule has 0 aromatic heterocycles. The Morgan fingerprint density at radius 3 is 2.56 bits per heavy atom. The van der Waals surface area contributed by atoms with Gasteiger partial charge in [-0.3, -0.25) is 10.1 Å². The number of urea groups is 1. The van der Waals surface area contributed by atoms with Crippen molar-refractivity contribution in [3.8, 4) is 0 Å². The second kappa shape index (κ2) is 5.02. The molecule has 1 fully saturated rings. The summed E-state index contributed by atoms with van der Waals surface area (Å²) in [5, 5.41) is 2.40. The van der Waals surface area contributed by atoms with Crippen molar-refractivity contribution in [3.63, 3.8) is 0 Å². The van der Waals surface area contributed by atoms with Gasteiger partial charge >= 0.3 is 6.03 Å². The van der Waals surface area contributed by atoms with Gasteiger partial charge in [-0.15, -0.1) is 0 Å². The average Bonchev–Trinajstić information content (AvgIpc) is 2.60. The van der Waals surface area contributed by atoms with Crippen LogP contribution in [0.1, 0.15) is 12.5 Å². The maximum absolute atomic E-state index is 12.1. The number of nitrogens with zero attached hydrogens (tertiary/aromatic N) is 1. The molecule has 1 atom stereocenters. The molecule has 18 heavy (non-hydrogen) atoms. The van der Waals surface area contributed by atoms with Gasteiger partial charge in [0, 0.05) is 12.3 Å². The molecule has 0 radical (unpaired) electrons. The molecule has 2 rings (SSSR count). The van der Waals surface area contributed by atoms with E-state index in [-0.39, 0.29) is 11.9 Å². The van der Waals surface area contributed by atoms with Crippen LogP contribution in [0.4, 0.5) is 4.79 Å². The number of hydrogen-bond acceptors (Lipinski definition) is 3. The Morgan fingerprint density at radius 2 is 1.94 bits per heavy atom. The van der Waals surface area contributed by atoms with E-state index in [1.54, 1.807) is 23.6 Å². The van der Waals surface area contributed by atoms with E-state index >= 15 is 0 Å². The molecule has 1 aliphatic heterocycles. The summed E-state index contributed by atoms with van der Waals surface area (Å²) in [5.41, 5.74) is -0.0527. The average molecular weight is 264 g/mol. The third-order valence-corrected chi connectivity index (χ3v) is 3.89. The number of nitrogens with one attached hydrogen (secondary N) is 1. The highest BCUT2D eigenvalue weighted by Crippen LogP contribution is 2.32. The Kier molecular flexibility index (Phi) is 3.61. The third kappa shape index (κ3) is 1.99. The quantitative estimate of drug-likeness (QED) is 0.844. The molecule has 1 aromatic carbocycles. The van der Waals surface area contributed by atoms with Crippen LogP contribution in [0.15, 0.2) is 30.3 Å². The second-order valence-corrected chi connectivity index (χ2v) is 5.33. The summed E-state index contributed by atoms with van der Waals surface area (Å²) in [7, 11) is 0. The van der Waals surface area contributed by atoms with Crippen LogP contribution in [0.5, 0.6) is 0 Å². The lowest BCUT2D eigenvalue weighted by Gasteiger charge is -2.32. The fourth-order valence-electron chi connectivity index (χ4n) is 2.17. The SMILES string of the molecule is CSCCN1C(=O)NC(=O)C1(C)c1ccccc1. The van der Waals surface area contributed by atoms with E-state index < -0.39 is 5.54 Å². The molecule has 0 bridgehead atoms. The first kappa shape index (κ1) is 13.0. The first-order valence-corrected chi connectivity index (χ1v) is 7.17. The number of thioether (sulfide) groups is 1. The minimum absolute atomic E-state index is 0.250. The Balaban J connectivity index is 2.38. The highest BCUT2D eigenvalue weighted by atomic mass is 32.2. The summed E-state index contributed by atoms with van der Waals surface area (Å²) < 4.78 is 0. The van der Waals surface area contributed by atoms with Crippen LogP contribution in [-0.2, 0) is 10.3 Å². The number of benzene rings is 1. The third-order valence-electron chi connectivity index (χ3n) is 3.30. The number of amides is 3. The monoisotopic (exact) mass is 264 g/mol. The van der Waals surface area contributed by atoms with Crippen molar-refractivity contribution in [2.45, 2.75) is 12.5 Å². The first-order valence-electron chi connectivity index (χ1n) is 5.78. The summed E-state index contributed by atoms with van der Waals surface area (Å²) in [4.78, 5) is 25.6. The topological polar surface area (TPSA) is 49.4 Å². The number of rotatable bonds is 4. The van der Waals surface area contributed by atoms with Gasteiger partial charge in [0.15, 0.2) is 0 Å². The van der Waals surface area contributed by atoms with Gasteiger partial charge in [0.2, 0.25) is 0 Å². The Labute approximate surface area is 111 Å². The summed E-state index contributed by atoms with van der Waals surface area (Å²) in [6.45, 7) is 2.35. The molecule has 0 saturated carbocycles. The largest absolute Gasteiger partial charge is 0.325 e. The van der Waals surface area contributed by atoms with E-state index in [9.17, 15) is 9.59 Å². The zero-order valence-electron chi connectivity index (χ0n) is 10.5. The van der Waals surface area contributed by atoms with Crippen molar-refractivity contribution in [2.24, 2.45) is 0 Å². The van der Waals surface area contributed by atoms with Gasteiger partial charge in [-0.2, -0.15) is 11.8 Å². The number of imide groups is 1. The van der Waals surface area contributed by atoms with Crippen LogP contribution in [0, 0.1) is 0 Å². The van der Waals surface area contributed by atoms with Gasteiger partial charge in [0.05, 0.1) is 0 Å². The Bertz CT molecular complexity index is 463. The summed E-state index contributed by atoms with van der Waals surface area (Å²) >= 11 is 1.65. The molecule has 5 heteroatoms. The van der Waals surface area contributed by atoms with Gasteiger partial charge in [0.25, 0.3) is 5.91 Å². The minimum Gasteiger partial charge on any atom is -0.305 e. The molecule has 3 amide bonds. The lowest BCUT2D eigenvalue weighted by Crippen LogP contribution is -2.45. The smallest absolute Gasteiger partial charge is 0.305 e. The molecule has 0 aliphatic carbocycles. The molecular weight excluding hydrogens is 248 g/mol. The second-order valence-electron chi connectivity index (χ2n) is 4.34. The van der Waals surface area contributed by atoms with E-state index in [4.69, 9.17) is 0 Å². The standard InChI is InChI=1S/C13H16N2O2S/c1-13(10-6-4-3-5-7-10)11(16)14-12(17)15(13)8-9-18-2/h3-7H,8-9H2,1-2H3,(H,14,16,17). The molecule has 4 nitrogen and oxygen atoms in total. The molecule has 1 aliphatic rings. The van der Waals surface area contributed by atoms with Crippen molar-refractivity contribution in [1.29, 1.82) is 0 Å². The van der Waals surface area contributed by atoms with E-state index in [2.05, 4.69) is 5.32 Å². The van der Waals surface area contributed by atoms with Crippen LogP contribution in [0.25, 0.3) is 0 Å². The van der Waals surface area contributed by atoms with Crippen LogP contribution >= 0.6 is 11.8 Å². The van der Waals surface area contributed by atoms with Gasteiger partial charge in [-0.25, -0.2) is 4.79 Å². The Morgan fingerprint density at radius 1 is 1.28 bits per heavy atom. The predicted molar refractivity (Wildman–Crippen MR) is 72.4 cm³/mol. The number of hydrogen-bond donors (Lipinski definition) is 1. The zero-order chi connectivity index (χ0) is 13.2. The molecule has 1 saturated heterocycles. The highest BCUT2D eigenvalue weighted by molar-refractivity contribution is 7.98. The summed E-state index contributed by atoms with van der Waals surface area (Å²) in [6.07, 6.45) is 1.98.